The zero-order valence-corrected chi connectivity index (χ0v) is 20.2. The summed E-state index contributed by atoms with van der Waals surface area (Å²) < 4.78 is 11.3. The van der Waals surface area contributed by atoms with Gasteiger partial charge in [0.1, 0.15) is 6.10 Å². The molecule has 0 aromatic rings. The van der Waals surface area contributed by atoms with Gasteiger partial charge in [0.15, 0.2) is 0 Å². The summed E-state index contributed by atoms with van der Waals surface area (Å²) in [6, 6.07) is 0. The number of hydrogen-bond acceptors (Lipinski definition) is 4. The van der Waals surface area contributed by atoms with Crippen molar-refractivity contribution >= 4 is 11.9 Å². The Morgan fingerprint density at radius 1 is 1.12 bits per heavy atom. The Morgan fingerprint density at radius 3 is 2.56 bits per heavy atom. The zero-order valence-electron chi connectivity index (χ0n) is 20.2. The van der Waals surface area contributed by atoms with Gasteiger partial charge in [-0.25, -0.2) is 4.79 Å². The highest BCUT2D eigenvalue weighted by molar-refractivity contribution is 5.88. The lowest BCUT2D eigenvalue weighted by Crippen LogP contribution is -2.28. The molecule has 0 aliphatic heterocycles. The smallest absolute Gasteiger partial charge is 0.333 e. The third-order valence-electron chi connectivity index (χ3n) is 6.49. The van der Waals surface area contributed by atoms with Crippen molar-refractivity contribution in [3.05, 3.63) is 48.1 Å². The van der Waals surface area contributed by atoms with Gasteiger partial charge in [-0.2, -0.15) is 0 Å². The lowest BCUT2D eigenvalue weighted by Gasteiger charge is -2.28. The van der Waals surface area contributed by atoms with Crippen LogP contribution >= 0.6 is 0 Å². The largest absolute Gasteiger partial charge is 0.462 e. The van der Waals surface area contributed by atoms with Crippen LogP contribution in [0, 0.1) is 11.8 Å². The number of esters is 2. The first-order valence-electron chi connectivity index (χ1n) is 12.6. The number of hydrogen-bond donors (Lipinski definition) is 0. The molecule has 0 aromatic carbocycles. The molecule has 4 heteroatoms. The van der Waals surface area contributed by atoms with Gasteiger partial charge in [0, 0.05) is 12.0 Å². The maximum atomic E-state index is 12.5. The summed E-state index contributed by atoms with van der Waals surface area (Å²) in [6.07, 6.45) is 21.1. The van der Waals surface area contributed by atoms with Crippen LogP contribution in [0.2, 0.25) is 0 Å². The maximum absolute atomic E-state index is 12.5. The molecule has 2 aliphatic rings. The number of ether oxygens (including phenoxy) is 2. The second-order valence-electron chi connectivity index (χ2n) is 9.24. The summed E-state index contributed by atoms with van der Waals surface area (Å²) in [5, 5.41) is 0. The monoisotopic (exact) mass is 442 g/mol. The Bertz CT molecular complexity index is 692. The van der Waals surface area contributed by atoms with E-state index in [0.29, 0.717) is 18.9 Å². The third-order valence-corrected chi connectivity index (χ3v) is 6.49. The first kappa shape index (κ1) is 26.2. The molecule has 1 atom stereocenters. The fourth-order valence-electron chi connectivity index (χ4n) is 4.40. The average molecular weight is 443 g/mol. The van der Waals surface area contributed by atoms with Gasteiger partial charge in [-0.15, -0.1) is 0 Å². The van der Waals surface area contributed by atoms with Gasteiger partial charge >= 0.3 is 11.9 Å². The Balaban J connectivity index is 1.65. The van der Waals surface area contributed by atoms with Crippen LogP contribution in [0.3, 0.4) is 0 Å². The molecule has 4 nitrogen and oxygen atoms in total. The average Bonchev–Trinajstić information content (AvgIpc) is 2.81. The standard InChI is InChI=1S/C28H42O4/c1-4-6-7-9-12-22(3)19-23(5-2)20-27(29)32-26-17-15-24(16-18-26)21-31-28(30)25-13-10-8-11-14-25/h6-7,9,12-13,23-24,26H,3-5,8,10-11,14-21H2,1-2H3/b7-6-,12-9-. The van der Waals surface area contributed by atoms with E-state index < -0.39 is 0 Å². The number of allylic oxidation sites excluding steroid dienone is 6. The highest BCUT2D eigenvalue weighted by atomic mass is 16.5. The second-order valence-corrected chi connectivity index (χ2v) is 9.24. The fraction of sp³-hybridized carbons (Fsp3) is 0.643. The predicted molar refractivity (Wildman–Crippen MR) is 130 cm³/mol. The van der Waals surface area contributed by atoms with E-state index in [2.05, 4.69) is 26.5 Å². The lowest BCUT2D eigenvalue weighted by molar-refractivity contribution is -0.152. The van der Waals surface area contributed by atoms with Crippen LogP contribution in [-0.4, -0.2) is 24.6 Å². The summed E-state index contributed by atoms with van der Waals surface area (Å²) in [4.78, 5) is 24.6. The second kappa shape index (κ2) is 14.9. The van der Waals surface area contributed by atoms with Crippen molar-refractivity contribution in [1.29, 1.82) is 0 Å². The van der Waals surface area contributed by atoms with Crippen molar-refractivity contribution < 1.29 is 19.1 Å². The predicted octanol–water partition coefficient (Wildman–Crippen LogP) is 7.02. The maximum Gasteiger partial charge on any atom is 0.333 e. The van der Waals surface area contributed by atoms with Crippen molar-refractivity contribution in [3.63, 3.8) is 0 Å². The third kappa shape index (κ3) is 10.0. The number of rotatable bonds is 12. The van der Waals surface area contributed by atoms with Crippen LogP contribution in [0.4, 0.5) is 0 Å². The van der Waals surface area contributed by atoms with E-state index in [9.17, 15) is 9.59 Å². The van der Waals surface area contributed by atoms with E-state index >= 15 is 0 Å². The molecule has 0 aromatic heterocycles. The van der Waals surface area contributed by atoms with Crippen molar-refractivity contribution in [3.8, 4) is 0 Å². The quantitative estimate of drug-likeness (QED) is 0.241. The first-order chi connectivity index (χ1) is 15.5. The van der Waals surface area contributed by atoms with E-state index in [-0.39, 0.29) is 24.0 Å². The van der Waals surface area contributed by atoms with Gasteiger partial charge in [0.05, 0.1) is 6.61 Å². The minimum absolute atomic E-state index is 0.00436. The SMILES string of the molecule is C=C(/C=C\C=C/CC)CC(CC)CC(=O)OC1CCC(COC(=O)C2=CCCCC2)CC1. The molecule has 0 heterocycles. The molecular weight excluding hydrogens is 400 g/mol. The molecular formula is C28H42O4. The van der Waals surface area contributed by atoms with Crippen LogP contribution in [-0.2, 0) is 19.1 Å². The Morgan fingerprint density at radius 2 is 1.91 bits per heavy atom. The van der Waals surface area contributed by atoms with Gasteiger partial charge in [-0.3, -0.25) is 4.79 Å². The highest BCUT2D eigenvalue weighted by Crippen LogP contribution is 2.28. The molecule has 32 heavy (non-hydrogen) atoms. The Labute approximate surface area is 194 Å². The van der Waals surface area contributed by atoms with Gasteiger partial charge in [-0.05, 0) is 76.0 Å². The highest BCUT2D eigenvalue weighted by Gasteiger charge is 2.26. The summed E-state index contributed by atoms with van der Waals surface area (Å²) in [6.45, 7) is 8.82. The van der Waals surface area contributed by atoms with Crippen LogP contribution < -0.4 is 0 Å². The van der Waals surface area contributed by atoms with E-state index in [4.69, 9.17) is 9.47 Å². The van der Waals surface area contributed by atoms with Crippen molar-refractivity contribution in [2.75, 3.05) is 6.61 Å². The summed E-state index contributed by atoms with van der Waals surface area (Å²) in [5.41, 5.74) is 1.89. The van der Waals surface area contributed by atoms with E-state index in [1.165, 1.54) is 6.42 Å². The van der Waals surface area contributed by atoms with Gasteiger partial charge < -0.3 is 9.47 Å². The molecule has 1 fully saturated rings. The Kier molecular flexibility index (Phi) is 12.2. The molecule has 0 spiro atoms. The molecule has 1 unspecified atom stereocenters. The number of carbonyl (C=O) groups excluding carboxylic acids is 2. The topological polar surface area (TPSA) is 52.6 Å². The molecule has 0 bridgehead atoms. The van der Waals surface area contributed by atoms with Crippen molar-refractivity contribution in [2.45, 2.75) is 97.0 Å². The van der Waals surface area contributed by atoms with E-state index in [1.807, 2.05) is 24.3 Å². The van der Waals surface area contributed by atoms with Crippen molar-refractivity contribution in [2.24, 2.45) is 11.8 Å². The first-order valence-corrected chi connectivity index (χ1v) is 12.6. The number of carbonyl (C=O) groups is 2. The van der Waals surface area contributed by atoms with Crippen LogP contribution in [0.5, 0.6) is 0 Å². The normalized spacial score (nSPS) is 22.5. The van der Waals surface area contributed by atoms with Gasteiger partial charge in [0.25, 0.3) is 0 Å². The van der Waals surface area contributed by atoms with Gasteiger partial charge in [-0.1, -0.05) is 62.8 Å². The lowest BCUT2D eigenvalue weighted by atomic mass is 9.88. The van der Waals surface area contributed by atoms with Crippen molar-refractivity contribution in [1.82, 2.24) is 0 Å². The molecule has 2 rings (SSSR count). The minimum Gasteiger partial charge on any atom is -0.462 e. The van der Waals surface area contributed by atoms with Crippen LogP contribution in [0.25, 0.3) is 0 Å². The van der Waals surface area contributed by atoms with Gasteiger partial charge in [0.2, 0.25) is 0 Å². The molecule has 1 saturated carbocycles. The fourth-order valence-corrected chi connectivity index (χ4v) is 4.40. The summed E-state index contributed by atoms with van der Waals surface area (Å²) >= 11 is 0. The molecule has 178 valence electrons. The van der Waals surface area contributed by atoms with Crippen LogP contribution in [0.1, 0.15) is 90.9 Å². The molecule has 0 radical (unpaired) electrons. The van der Waals surface area contributed by atoms with E-state index in [1.54, 1.807) is 0 Å². The summed E-state index contributed by atoms with van der Waals surface area (Å²) in [5.74, 6) is 0.401. The zero-order chi connectivity index (χ0) is 23.2. The molecule has 0 amide bonds. The van der Waals surface area contributed by atoms with E-state index in [0.717, 1.165) is 75.4 Å². The molecule has 2 aliphatic carbocycles. The van der Waals surface area contributed by atoms with Crippen LogP contribution in [0.15, 0.2) is 48.1 Å². The Hall–Kier alpha value is -2.10. The minimum atomic E-state index is -0.137. The molecule has 0 saturated heterocycles. The summed E-state index contributed by atoms with van der Waals surface area (Å²) in [7, 11) is 0. The molecule has 0 N–H and O–H groups in total.